The summed E-state index contributed by atoms with van der Waals surface area (Å²) in [5, 5.41) is 18.0. The fourth-order valence-electron chi connectivity index (χ4n) is 1.43. The summed E-state index contributed by atoms with van der Waals surface area (Å²) < 4.78 is 63.0. The van der Waals surface area contributed by atoms with E-state index in [1.54, 1.807) is 4.72 Å². The van der Waals surface area contributed by atoms with Crippen molar-refractivity contribution in [3.05, 3.63) is 29.8 Å². The average Bonchev–Trinajstić information content (AvgIpc) is 2.34. The molecule has 0 spiro atoms. The first kappa shape index (κ1) is 17.4. The first-order chi connectivity index (χ1) is 9.45. The van der Waals surface area contributed by atoms with Gasteiger partial charge >= 0.3 is 12.1 Å². The number of carboxylic acid groups (broad SMARTS) is 1. The molecule has 21 heavy (non-hydrogen) atoms. The van der Waals surface area contributed by atoms with Crippen LogP contribution in [0, 0.1) is 0 Å². The molecule has 10 heteroatoms. The Hall–Kier alpha value is -1.65. The molecular formula is C11H12F3NO5S. The van der Waals surface area contributed by atoms with Crippen molar-refractivity contribution in [1.82, 2.24) is 4.72 Å². The molecule has 0 saturated heterocycles. The molecule has 0 fully saturated rings. The molecule has 2 atom stereocenters. The maximum absolute atomic E-state index is 12.5. The third-order valence-corrected chi connectivity index (χ3v) is 3.94. The number of hydrogen-bond donors (Lipinski definition) is 3. The third kappa shape index (κ3) is 4.41. The van der Waals surface area contributed by atoms with Crippen LogP contribution in [0.1, 0.15) is 12.5 Å². The van der Waals surface area contributed by atoms with E-state index < -0.39 is 44.8 Å². The Balaban J connectivity index is 3.17. The summed E-state index contributed by atoms with van der Waals surface area (Å²) in [5.41, 5.74) is -1.19. The molecule has 118 valence electrons. The summed E-state index contributed by atoms with van der Waals surface area (Å²) >= 11 is 0. The zero-order valence-electron chi connectivity index (χ0n) is 10.6. The van der Waals surface area contributed by atoms with Gasteiger partial charge in [-0.05, 0) is 25.1 Å². The molecule has 0 bridgehead atoms. The second-order valence-corrected chi connectivity index (χ2v) is 5.92. The molecule has 0 saturated carbocycles. The van der Waals surface area contributed by atoms with Crippen molar-refractivity contribution in [3.8, 4) is 0 Å². The Morgan fingerprint density at radius 3 is 2.33 bits per heavy atom. The Bertz CT molecular complexity index is 627. The Kier molecular flexibility index (Phi) is 4.97. The van der Waals surface area contributed by atoms with Gasteiger partial charge in [0.1, 0.15) is 6.04 Å². The van der Waals surface area contributed by atoms with Gasteiger partial charge in [0.05, 0.1) is 16.6 Å². The van der Waals surface area contributed by atoms with Crippen LogP contribution in [0.5, 0.6) is 0 Å². The van der Waals surface area contributed by atoms with Crippen molar-refractivity contribution < 1.29 is 36.6 Å². The predicted molar refractivity (Wildman–Crippen MR) is 64.9 cm³/mol. The SMILES string of the molecule is C[C@@H](O)[C@H](NS(=O)(=O)c1cccc(C(F)(F)F)c1)C(=O)O. The minimum absolute atomic E-state index is 0.378. The molecule has 0 amide bonds. The molecule has 1 aromatic rings. The fourth-order valence-corrected chi connectivity index (χ4v) is 2.74. The maximum Gasteiger partial charge on any atom is 0.416 e. The lowest BCUT2D eigenvalue weighted by Crippen LogP contribution is -2.47. The molecule has 1 aromatic carbocycles. The summed E-state index contributed by atoms with van der Waals surface area (Å²) in [5.74, 6) is -1.65. The van der Waals surface area contributed by atoms with Crippen molar-refractivity contribution in [1.29, 1.82) is 0 Å². The number of carbonyl (C=O) groups is 1. The number of nitrogens with one attached hydrogen (secondary N) is 1. The second-order valence-electron chi connectivity index (χ2n) is 4.20. The predicted octanol–water partition coefficient (Wildman–Crippen LogP) is 0.818. The quantitative estimate of drug-likeness (QED) is 0.743. The van der Waals surface area contributed by atoms with Gasteiger partial charge in [0, 0.05) is 0 Å². The van der Waals surface area contributed by atoms with Crippen LogP contribution in [0.2, 0.25) is 0 Å². The first-order valence-corrected chi connectivity index (χ1v) is 7.04. The van der Waals surface area contributed by atoms with E-state index in [4.69, 9.17) is 5.11 Å². The lowest BCUT2D eigenvalue weighted by atomic mass is 10.2. The lowest BCUT2D eigenvalue weighted by Gasteiger charge is -2.17. The highest BCUT2D eigenvalue weighted by atomic mass is 32.2. The van der Waals surface area contributed by atoms with E-state index in [1.807, 2.05) is 0 Å². The zero-order chi connectivity index (χ0) is 16.4. The molecule has 6 nitrogen and oxygen atoms in total. The minimum atomic E-state index is -4.73. The van der Waals surface area contributed by atoms with Crippen LogP contribution in [0.3, 0.4) is 0 Å². The Labute approximate surface area is 118 Å². The standard InChI is InChI=1S/C11H12F3NO5S/c1-6(16)9(10(17)18)15-21(19,20)8-4-2-3-7(5-8)11(12,13)14/h2-6,9,15-16H,1H3,(H,17,18)/t6-,9+/m1/s1. The molecule has 0 aliphatic heterocycles. The monoisotopic (exact) mass is 327 g/mol. The van der Waals surface area contributed by atoms with E-state index in [0.717, 1.165) is 19.1 Å². The molecule has 3 N–H and O–H groups in total. The van der Waals surface area contributed by atoms with Gasteiger partial charge in [-0.3, -0.25) is 4.79 Å². The number of hydrogen-bond acceptors (Lipinski definition) is 4. The van der Waals surface area contributed by atoms with Gasteiger partial charge < -0.3 is 10.2 Å². The topological polar surface area (TPSA) is 104 Å². The number of aliphatic hydroxyl groups is 1. The van der Waals surface area contributed by atoms with Crippen LogP contribution in [0.4, 0.5) is 13.2 Å². The van der Waals surface area contributed by atoms with Crippen LogP contribution in [-0.2, 0) is 21.0 Å². The van der Waals surface area contributed by atoms with E-state index in [2.05, 4.69) is 0 Å². The van der Waals surface area contributed by atoms with Crippen LogP contribution >= 0.6 is 0 Å². The smallest absolute Gasteiger partial charge is 0.416 e. The number of sulfonamides is 1. The summed E-state index contributed by atoms with van der Waals surface area (Å²) in [6.45, 7) is 1.04. The number of carboxylic acids is 1. The van der Waals surface area contributed by atoms with Crippen molar-refractivity contribution >= 4 is 16.0 Å². The summed E-state index contributed by atoms with van der Waals surface area (Å²) in [7, 11) is -4.52. The van der Waals surface area contributed by atoms with Gasteiger partial charge in [0.2, 0.25) is 10.0 Å². The summed E-state index contributed by atoms with van der Waals surface area (Å²) in [6, 6.07) is 0.962. The molecule has 0 aliphatic carbocycles. The van der Waals surface area contributed by atoms with E-state index in [9.17, 15) is 31.5 Å². The molecule has 0 aromatic heterocycles. The van der Waals surface area contributed by atoms with E-state index in [-0.39, 0.29) is 0 Å². The molecule has 0 radical (unpaired) electrons. The molecule has 0 unspecified atom stereocenters. The zero-order valence-corrected chi connectivity index (χ0v) is 11.4. The van der Waals surface area contributed by atoms with Crippen LogP contribution in [-0.4, -0.2) is 36.7 Å². The number of aliphatic hydroxyl groups excluding tert-OH is 1. The minimum Gasteiger partial charge on any atom is -0.480 e. The molecule has 0 heterocycles. The summed E-state index contributed by atoms with van der Waals surface area (Å²) in [4.78, 5) is 10.1. The van der Waals surface area contributed by atoms with Gasteiger partial charge in [-0.15, -0.1) is 0 Å². The number of rotatable bonds is 5. The highest BCUT2D eigenvalue weighted by molar-refractivity contribution is 7.89. The highest BCUT2D eigenvalue weighted by Gasteiger charge is 2.33. The van der Waals surface area contributed by atoms with E-state index >= 15 is 0 Å². The van der Waals surface area contributed by atoms with Gasteiger partial charge in [-0.2, -0.15) is 17.9 Å². The number of benzene rings is 1. The summed E-state index contributed by atoms with van der Waals surface area (Å²) in [6.07, 6.45) is -6.30. The van der Waals surface area contributed by atoms with Crippen molar-refractivity contribution in [2.45, 2.75) is 30.1 Å². The molecule has 0 aliphatic rings. The molecular weight excluding hydrogens is 315 g/mol. The largest absolute Gasteiger partial charge is 0.480 e. The lowest BCUT2D eigenvalue weighted by molar-refractivity contribution is -0.141. The maximum atomic E-state index is 12.5. The van der Waals surface area contributed by atoms with Crippen LogP contribution in [0.25, 0.3) is 0 Å². The van der Waals surface area contributed by atoms with Gasteiger partial charge in [-0.1, -0.05) is 6.07 Å². The fraction of sp³-hybridized carbons (Fsp3) is 0.364. The van der Waals surface area contributed by atoms with E-state index in [0.29, 0.717) is 12.1 Å². The Morgan fingerprint density at radius 2 is 1.90 bits per heavy atom. The third-order valence-electron chi connectivity index (χ3n) is 2.50. The Morgan fingerprint density at radius 1 is 1.33 bits per heavy atom. The van der Waals surface area contributed by atoms with Gasteiger partial charge in [-0.25, -0.2) is 8.42 Å². The van der Waals surface area contributed by atoms with Crippen LogP contribution in [0.15, 0.2) is 29.2 Å². The number of alkyl halides is 3. The van der Waals surface area contributed by atoms with E-state index in [1.165, 1.54) is 0 Å². The van der Waals surface area contributed by atoms with Crippen LogP contribution < -0.4 is 4.72 Å². The number of halogens is 3. The van der Waals surface area contributed by atoms with Gasteiger partial charge in [0.25, 0.3) is 0 Å². The van der Waals surface area contributed by atoms with Gasteiger partial charge in [0.15, 0.2) is 0 Å². The van der Waals surface area contributed by atoms with Crippen molar-refractivity contribution in [2.24, 2.45) is 0 Å². The second kappa shape index (κ2) is 6.00. The first-order valence-electron chi connectivity index (χ1n) is 5.55. The average molecular weight is 327 g/mol. The van der Waals surface area contributed by atoms with Crippen molar-refractivity contribution in [3.63, 3.8) is 0 Å². The highest BCUT2D eigenvalue weighted by Crippen LogP contribution is 2.30. The normalized spacial score (nSPS) is 15.5. The van der Waals surface area contributed by atoms with Crippen molar-refractivity contribution in [2.75, 3.05) is 0 Å². The molecule has 1 rings (SSSR count). The number of aliphatic carboxylic acids is 1.